The normalized spacial score (nSPS) is 39.2. The first-order chi connectivity index (χ1) is 6.36. The van der Waals surface area contributed by atoms with Crippen LogP contribution in [0.25, 0.3) is 0 Å². The van der Waals surface area contributed by atoms with Crippen molar-refractivity contribution in [1.29, 1.82) is 0 Å². The maximum absolute atomic E-state index is 11.4. The lowest BCUT2D eigenvalue weighted by Gasteiger charge is -2.41. The van der Waals surface area contributed by atoms with Crippen LogP contribution in [-0.2, 0) is 9.59 Å². The van der Waals surface area contributed by atoms with Crippen molar-refractivity contribution in [3.05, 3.63) is 0 Å². The largest absolute Gasteiger partial charge is 0.480 e. The van der Waals surface area contributed by atoms with Gasteiger partial charge >= 0.3 is 5.97 Å². The molecule has 6 heteroatoms. The van der Waals surface area contributed by atoms with Crippen LogP contribution in [0.3, 0.4) is 0 Å². The van der Waals surface area contributed by atoms with Crippen molar-refractivity contribution in [3.63, 3.8) is 0 Å². The molecule has 2 aliphatic heterocycles. The highest BCUT2D eigenvalue weighted by Gasteiger charge is 2.62. The molecule has 0 aromatic heterocycles. The molecule has 0 aromatic carbocycles. The lowest BCUT2D eigenvalue weighted by atomic mass is 9.96. The summed E-state index contributed by atoms with van der Waals surface area (Å²) < 4.78 is -0.458. The zero-order valence-corrected chi connectivity index (χ0v) is 8.75. The van der Waals surface area contributed by atoms with Gasteiger partial charge in [-0.3, -0.25) is 4.79 Å². The first kappa shape index (κ1) is 9.79. The molecule has 2 heterocycles. The molecule has 3 N–H and O–H groups in total. The van der Waals surface area contributed by atoms with E-state index in [0.29, 0.717) is 0 Å². The van der Waals surface area contributed by atoms with E-state index in [2.05, 4.69) is 0 Å². The van der Waals surface area contributed by atoms with Gasteiger partial charge in [0.1, 0.15) is 17.5 Å². The van der Waals surface area contributed by atoms with E-state index in [1.807, 2.05) is 13.8 Å². The quantitative estimate of drug-likeness (QED) is 0.575. The predicted molar refractivity (Wildman–Crippen MR) is 51.7 cm³/mol. The second-order valence-electron chi connectivity index (χ2n) is 4.12. The number of carbonyl (C=O) groups is 2. The number of aliphatic carboxylic acids is 1. The molecule has 0 aromatic rings. The van der Waals surface area contributed by atoms with Gasteiger partial charge in [-0.2, -0.15) is 0 Å². The van der Waals surface area contributed by atoms with Crippen molar-refractivity contribution in [3.8, 4) is 0 Å². The molecule has 14 heavy (non-hydrogen) atoms. The number of amides is 1. The molecule has 2 rings (SSSR count). The van der Waals surface area contributed by atoms with Crippen LogP contribution in [0.1, 0.15) is 13.8 Å². The fourth-order valence-electron chi connectivity index (χ4n) is 2.04. The number of fused-ring (bicyclic) bond motifs is 1. The van der Waals surface area contributed by atoms with E-state index in [0.717, 1.165) is 0 Å². The van der Waals surface area contributed by atoms with Crippen LogP contribution in [0.4, 0.5) is 0 Å². The Balaban J connectivity index is 2.32. The molecule has 0 radical (unpaired) electrons. The molecule has 1 amide bonds. The number of carbonyl (C=O) groups excluding carboxylic acids is 1. The smallest absolute Gasteiger partial charge is 0.327 e. The highest BCUT2D eigenvalue weighted by Crippen LogP contribution is 2.50. The second kappa shape index (κ2) is 2.64. The minimum Gasteiger partial charge on any atom is -0.480 e. The Morgan fingerprint density at radius 3 is 2.71 bits per heavy atom. The van der Waals surface area contributed by atoms with Crippen LogP contribution >= 0.6 is 11.8 Å². The number of carboxylic acids is 1. The number of hydrogen-bond donors (Lipinski definition) is 2. The Hall–Kier alpha value is -0.750. The summed E-state index contributed by atoms with van der Waals surface area (Å²) in [6.45, 7) is 3.66. The summed E-state index contributed by atoms with van der Waals surface area (Å²) in [5.41, 5.74) is 5.59. The van der Waals surface area contributed by atoms with Gasteiger partial charge < -0.3 is 15.7 Å². The van der Waals surface area contributed by atoms with Crippen LogP contribution in [0.5, 0.6) is 0 Å². The van der Waals surface area contributed by atoms with E-state index in [4.69, 9.17) is 10.8 Å². The molecular formula is C8H12N2O3S. The van der Waals surface area contributed by atoms with E-state index in [9.17, 15) is 9.59 Å². The molecule has 2 fully saturated rings. The monoisotopic (exact) mass is 216 g/mol. The Bertz CT molecular complexity index is 318. The lowest BCUT2D eigenvalue weighted by Crippen LogP contribution is -2.68. The van der Waals surface area contributed by atoms with Gasteiger partial charge in [0.15, 0.2) is 0 Å². The van der Waals surface area contributed by atoms with Gasteiger partial charge in [0, 0.05) is 4.75 Å². The molecule has 3 atom stereocenters. The average molecular weight is 216 g/mol. The van der Waals surface area contributed by atoms with E-state index in [1.165, 1.54) is 16.7 Å². The van der Waals surface area contributed by atoms with Gasteiger partial charge in [-0.05, 0) is 13.8 Å². The number of carboxylic acid groups (broad SMARTS) is 1. The lowest BCUT2D eigenvalue weighted by molar-refractivity contribution is -0.159. The van der Waals surface area contributed by atoms with Crippen LogP contribution in [0.2, 0.25) is 0 Å². The average Bonchev–Trinajstić information content (AvgIpc) is 2.34. The fraction of sp³-hybridized carbons (Fsp3) is 0.750. The zero-order chi connectivity index (χ0) is 10.7. The van der Waals surface area contributed by atoms with Gasteiger partial charge in [0.25, 0.3) is 0 Å². The Kier molecular flexibility index (Phi) is 1.84. The summed E-state index contributed by atoms with van der Waals surface area (Å²) in [5, 5.41) is 8.87. The number of β-lactam (4-membered cyclic amide) rings is 1. The summed E-state index contributed by atoms with van der Waals surface area (Å²) in [7, 11) is 0. The maximum atomic E-state index is 11.4. The molecule has 0 saturated carbocycles. The van der Waals surface area contributed by atoms with Crippen molar-refractivity contribution in [2.45, 2.75) is 36.1 Å². The summed E-state index contributed by atoms with van der Waals surface area (Å²) in [6, 6.07) is -1.27. The Morgan fingerprint density at radius 1 is 1.64 bits per heavy atom. The van der Waals surface area contributed by atoms with Crippen molar-refractivity contribution in [1.82, 2.24) is 4.90 Å². The highest BCUT2D eigenvalue weighted by molar-refractivity contribution is 8.01. The molecule has 2 aliphatic rings. The number of thioether (sulfide) groups is 1. The Labute approximate surface area is 85.6 Å². The van der Waals surface area contributed by atoms with E-state index in [1.54, 1.807) is 0 Å². The van der Waals surface area contributed by atoms with Gasteiger partial charge in [0.05, 0.1) is 0 Å². The van der Waals surface area contributed by atoms with Crippen molar-refractivity contribution in [2.75, 3.05) is 0 Å². The standard InChI is InChI=1S/C8H12N2O3S/c1-8(2)4(7(12)13)10-5(11)3(9)6(10)14-8/h3-4,6H,9H2,1-2H3,(H,12,13)/t3?,4-,6-/m0/s1. The number of nitrogens with two attached hydrogens (primary N) is 1. The van der Waals surface area contributed by atoms with E-state index in [-0.39, 0.29) is 11.3 Å². The molecule has 78 valence electrons. The van der Waals surface area contributed by atoms with Crippen LogP contribution in [-0.4, -0.2) is 44.1 Å². The van der Waals surface area contributed by atoms with Crippen LogP contribution in [0, 0.1) is 0 Å². The molecule has 0 aliphatic carbocycles. The topological polar surface area (TPSA) is 83.6 Å². The number of rotatable bonds is 1. The van der Waals surface area contributed by atoms with Gasteiger partial charge in [-0.25, -0.2) is 4.79 Å². The zero-order valence-electron chi connectivity index (χ0n) is 7.93. The maximum Gasteiger partial charge on any atom is 0.327 e. The van der Waals surface area contributed by atoms with Gasteiger partial charge in [-0.1, -0.05) is 0 Å². The summed E-state index contributed by atoms with van der Waals surface area (Å²) in [6.07, 6.45) is 0. The third kappa shape index (κ3) is 1.01. The summed E-state index contributed by atoms with van der Waals surface area (Å²) >= 11 is 1.47. The molecule has 0 spiro atoms. The van der Waals surface area contributed by atoms with Gasteiger partial charge in [0.2, 0.25) is 5.91 Å². The van der Waals surface area contributed by atoms with Crippen LogP contribution in [0.15, 0.2) is 0 Å². The Morgan fingerprint density at radius 2 is 2.21 bits per heavy atom. The number of hydrogen-bond acceptors (Lipinski definition) is 4. The number of nitrogens with zero attached hydrogens (tertiary/aromatic N) is 1. The third-order valence-corrected chi connectivity index (χ3v) is 4.31. The third-order valence-electron chi connectivity index (χ3n) is 2.72. The second-order valence-corrected chi connectivity index (χ2v) is 5.89. The van der Waals surface area contributed by atoms with Crippen molar-refractivity contribution < 1.29 is 14.7 Å². The SMILES string of the molecule is CC1(C)S[C@H]2C(N)C(=O)N2[C@H]1C(=O)O. The summed E-state index contributed by atoms with van der Waals surface area (Å²) in [5.74, 6) is -1.20. The van der Waals surface area contributed by atoms with E-state index >= 15 is 0 Å². The predicted octanol–water partition coefficient (Wildman–Crippen LogP) is -0.539. The molecule has 5 nitrogen and oxygen atoms in total. The molecule has 2 saturated heterocycles. The van der Waals surface area contributed by atoms with E-state index < -0.39 is 22.8 Å². The van der Waals surface area contributed by atoms with Crippen molar-refractivity contribution in [2.24, 2.45) is 5.73 Å². The highest BCUT2D eigenvalue weighted by atomic mass is 32.2. The molecular weight excluding hydrogens is 204 g/mol. The fourth-order valence-corrected chi connectivity index (χ4v) is 3.61. The molecule has 0 bridgehead atoms. The first-order valence-electron chi connectivity index (χ1n) is 4.34. The first-order valence-corrected chi connectivity index (χ1v) is 5.22. The van der Waals surface area contributed by atoms with Crippen molar-refractivity contribution >= 4 is 23.6 Å². The summed E-state index contributed by atoms with van der Waals surface area (Å²) in [4.78, 5) is 23.8. The minimum absolute atomic E-state index is 0.154. The minimum atomic E-state index is -0.953. The van der Waals surface area contributed by atoms with Gasteiger partial charge in [-0.15, -0.1) is 11.8 Å². The van der Waals surface area contributed by atoms with Crippen LogP contribution < -0.4 is 5.73 Å². The molecule has 1 unspecified atom stereocenters.